The van der Waals surface area contributed by atoms with Crippen LogP contribution in [0.15, 0.2) is 51.8 Å². The van der Waals surface area contributed by atoms with Gasteiger partial charge in [-0.05, 0) is 42.5 Å². The first-order valence-electron chi connectivity index (χ1n) is 6.68. The lowest BCUT2D eigenvalue weighted by molar-refractivity contribution is -0.118. The zero-order valence-electron chi connectivity index (χ0n) is 12.7. The summed E-state index contributed by atoms with van der Waals surface area (Å²) in [5, 5.41) is 7.62. The smallest absolute Gasteiger partial charge is 0.262 e. The van der Waals surface area contributed by atoms with E-state index in [1.807, 2.05) is 0 Å². The van der Waals surface area contributed by atoms with E-state index in [1.165, 1.54) is 25.3 Å². The lowest BCUT2D eigenvalue weighted by Crippen LogP contribution is -2.21. The molecule has 128 valence electrons. The molecule has 0 saturated heterocycles. The van der Waals surface area contributed by atoms with E-state index in [0.717, 1.165) is 4.47 Å². The predicted octanol–water partition coefficient (Wildman–Crippen LogP) is 2.12. The van der Waals surface area contributed by atoms with E-state index in [1.54, 1.807) is 24.3 Å². The number of amides is 1. The molecule has 3 N–H and O–H groups in total. The Morgan fingerprint density at radius 3 is 2.46 bits per heavy atom. The predicted molar refractivity (Wildman–Crippen MR) is 92.6 cm³/mol. The fourth-order valence-corrected chi connectivity index (χ4v) is 2.63. The molecule has 0 spiro atoms. The molecule has 0 atom stereocenters. The number of carbonyl (C=O) groups is 1. The highest BCUT2D eigenvalue weighted by Gasteiger charge is 2.14. The van der Waals surface area contributed by atoms with E-state index in [0.29, 0.717) is 11.5 Å². The minimum atomic E-state index is -3.89. The number of rotatable bonds is 6. The standard InChI is InChI=1S/C15H15BrN2O5S/c1-22-14-7-6-12(24(17,20)21)8-13(14)18-15(19)9-23-11-4-2-10(16)3-5-11/h2-8H,9H2,1H3,(H,18,19)(H2,17,20,21). The van der Waals surface area contributed by atoms with Crippen LogP contribution < -0.4 is 19.9 Å². The van der Waals surface area contributed by atoms with E-state index in [2.05, 4.69) is 21.2 Å². The zero-order valence-corrected chi connectivity index (χ0v) is 15.1. The van der Waals surface area contributed by atoms with Gasteiger partial charge in [0.2, 0.25) is 10.0 Å². The Morgan fingerprint density at radius 2 is 1.88 bits per heavy atom. The van der Waals surface area contributed by atoms with Gasteiger partial charge in [0.05, 0.1) is 17.7 Å². The van der Waals surface area contributed by atoms with Crippen molar-refractivity contribution in [2.45, 2.75) is 4.90 Å². The van der Waals surface area contributed by atoms with Gasteiger partial charge in [-0.2, -0.15) is 0 Å². The highest BCUT2D eigenvalue weighted by Crippen LogP contribution is 2.27. The fourth-order valence-electron chi connectivity index (χ4n) is 1.83. The maximum absolute atomic E-state index is 12.0. The molecule has 9 heteroatoms. The molecule has 0 aliphatic carbocycles. The summed E-state index contributed by atoms with van der Waals surface area (Å²) in [6.45, 7) is -0.246. The number of halogens is 1. The molecule has 2 rings (SSSR count). The molecule has 0 aromatic heterocycles. The van der Waals surface area contributed by atoms with Gasteiger partial charge in [-0.3, -0.25) is 4.79 Å². The second kappa shape index (κ2) is 7.65. The van der Waals surface area contributed by atoms with Gasteiger partial charge in [-0.25, -0.2) is 13.6 Å². The van der Waals surface area contributed by atoms with Crippen LogP contribution in [0.1, 0.15) is 0 Å². The first kappa shape index (κ1) is 18.2. The summed E-state index contributed by atoms with van der Waals surface area (Å²) in [4.78, 5) is 11.9. The van der Waals surface area contributed by atoms with Crippen LogP contribution in [-0.2, 0) is 14.8 Å². The number of hydrogen-bond donors (Lipinski definition) is 2. The number of anilines is 1. The first-order chi connectivity index (χ1) is 11.3. The van der Waals surface area contributed by atoms with Crippen LogP contribution in [0.25, 0.3) is 0 Å². The summed E-state index contributed by atoms with van der Waals surface area (Å²) in [7, 11) is -2.49. The third-order valence-corrected chi connectivity index (χ3v) is 4.40. The number of nitrogens with two attached hydrogens (primary N) is 1. The molecule has 0 aliphatic rings. The largest absolute Gasteiger partial charge is 0.495 e. The molecule has 1 amide bonds. The summed E-state index contributed by atoms with van der Waals surface area (Å²) >= 11 is 3.30. The average Bonchev–Trinajstić information content (AvgIpc) is 2.53. The van der Waals surface area contributed by atoms with Gasteiger partial charge in [0.25, 0.3) is 5.91 Å². The van der Waals surface area contributed by atoms with Crippen molar-refractivity contribution < 1.29 is 22.7 Å². The van der Waals surface area contributed by atoms with Crippen molar-refractivity contribution >= 4 is 37.5 Å². The monoisotopic (exact) mass is 414 g/mol. The van der Waals surface area contributed by atoms with Crippen LogP contribution in [0, 0.1) is 0 Å². The number of primary sulfonamides is 1. The quantitative estimate of drug-likeness (QED) is 0.752. The Labute approximate surface area is 147 Å². The van der Waals surface area contributed by atoms with Gasteiger partial charge in [-0.1, -0.05) is 15.9 Å². The lowest BCUT2D eigenvalue weighted by atomic mass is 10.3. The summed E-state index contributed by atoms with van der Waals surface area (Å²) in [5.41, 5.74) is 0.188. The van der Waals surface area contributed by atoms with Crippen molar-refractivity contribution in [3.63, 3.8) is 0 Å². The summed E-state index contributed by atoms with van der Waals surface area (Å²) in [5.74, 6) is 0.362. The Kier molecular flexibility index (Phi) is 5.81. The Hall–Kier alpha value is -2.10. The molecule has 2 aromatic rings. The van der Waals surface area contributed by atoms with Gasteiger partial charge >= 0.3 is 0 Å². The van der Waals surface area contributed by atoms with Crippen molar-refractivity contribution in [3.05, 3.63) is 46.9 Å². The van der Waals surface area contributed by atoms with Crippen LogP contribution in [0.5, 0.6) is 11.5 Å². The molecule has 0 aliphatic heterocycles. The average molecular weight is 415 g/mol. The second-order valence-electron chi connectivity index (χ2n) is 4.70. The van der Waals surface area contributed by atoms with Crippen molar-refractivity contribution in [2.24, 2.45) is 5.14 Å². The first-order valence-corrected chi connectivity index (χ1v) is 9.02. The van der Waals surface area contributed by atoms with Crippen LogP contribution in [0.4, 0.5) is 5.69 Å². The van der Waals surface area contributed by atoms with Crippen molar-refractivity contribution in [2.75, 3.05) is 19.0 Å². The van der Waals surface area contributed by atoms with Crippen molar-refractivity contribution in [3.8, 4) is 11.5 Å². The van der Waals surface area contributed by atoms with E-state index in [-0.39, 0.29) is 17.2 Å². The van der Waals surface area contributed by atoms with Gasteiger partial charge < -0.3 is 14.8 Å². The van der Waals surface area contributed by atoms with Crippen LogP contribution in [0.2, 0.25) is 0 Å². The van der Waals surface area contributed by atoms with Crippen molar-refractivity contribution in [1.82, 2.24) is 0 Å². The Bertz CT molecular complexity index is 837. The highest BCUT2D eigenvalue weighted by molar-refractivity contribution is 9.10. The van der Waals surface area contributed by atoms with Gasteiger partial charge in [-0.15, -0.1) is 0 Å². The number of ether oxygens (including phenoxy) is 2. The second-order valence-corrected chi connectivity index (χ2v) is 7.17. The maximum Gasteiger partial charge on any atom is 0.262 e. The molecule has 0 heterocycles. The topological polar surface area (TPSA) is 108 Å². The molecular formula is C15H15BrN2O5S. The molecule has 0 saturated carbocycles. The van der Waals surface area contributed by atoms with Crippen LogP contribution in [-0.4, -0.2) is 28.0 Å². The van der Waals surface area contributed by atoms with Gasteiger partial charge in [0.1, 0.15) is 11.5 Å². The molecule has 0 unspecified atom stereocenters. The SMILES string of the molecule is COc1ccc(S(N)(=O)=O)cc1NC(=O)COc1ccc(Br)cc1. The molecule has 0 radical (unpaired) electrons. The number of sulfonamides is 1. The van der Waals surface area contributed by atoms with Crippen LogP contribution in [0.3, 0.4) is 0 Å². The zero-order chi connectivity index (χ0) is 17.7. The van der Waals surface area contributed by atoms with Gasteiger partial charge in [0, 0.05) is 4.47 Å². The lowest BCUT2D eigenvalue weighted by Gasteiger charge is -2.12. The molecule has 24 heavy (non-hydrogen) atoms. The number of hydrogen-bond acceptors (Lipinski definition) is 5. The van der Waals surface area contributed by atoms with Crippen LogP contribution >= 0.6 is 15.9 Å². The fraction of sp³-hybridized carbons (Fsp3) is 0.133. The third kappa shape index (κ3) is 4.95. The minimum Gasteiger partial charge on any atom is -0.495 e. The molecule has 0 bridgehead atoms. The van der Waals surface area contributed by atoms with E-state index in [9.17, 15) is 13.2 Å². The Morgan fingerprint density at radius 1 is 1.21 bits per heavy atom. The highest BCUT2D eigenvalue weighted by atomic mass is 79.9. The normalized spacial score (nSPS) is 11.0. The molecular weight excluding hydrogens is 400 g/mol. The minimum absolute atomic E-state index is 0.132. The number of nitrogens with one attached hydrogen (secondary N) is 1. The number of methoxy groups -OCH3 is 1. The summed E-state index contributed by atoms with van der Waals surface area (Å²) in [6, 6.07) is 10.9. The summed E-state index contributed by atoms with van der Waals surface area (Å²) in [6.07, 6.45) is 0. The number of carbonyl (C=O) groups excluding carboxylic acids is 1. The molecule has 0 fully saturated rings. The molecule has 7 nitrogen and oxygen atoms in total. The van der Waals surface area contributed by atoms with E-state index in [4.69, 9.17) is 14.6 Å². The van der Waals surface area contributed by atoms with E-state index >= 15 is 0 Å². The van der Waals surface area contributed by atoms with Gasteiger partial charge in [0.15, 0.2) is 6.61 Å². The molecule has 2 aromatic carbocycles. The maximum atomic E-state index is 12.0. The third-order valence-electron chi connectivity index (χ3n) is 2.96. The number of benzene rings is 2. The van der Waals surface area contributed by atoms with E-state index < -0.39 is 15.9 Å². The van der Waals surface area contributed by atoms with Crippen molar-refractivity contribution in [1.29, 1.82) is 0 Å². The Balaban J connectivity index is 2.08. The summed E-state index contributed by atoms with van der Waals surface area (Å²) < 4.78 is 34.1.